The van der Waals surface area contributed by atoms with Gasteiger partial charge in [0.15, 0.2) is 0 Å². The highest BCUT2D eigenvalue weighted by molar-refractivity contribution is 6.00. The van der Waals surface area contributed by atoms with E-state index in [1.807, 2.05) is 5.32 Å². The quantitative estimate of drug-likeness (QED) is 0.0882. The molecule has 2 atom stereocenters. The third kappa shape index (κ3) is 12.2. The molecule has 1 aliphatic carbocycles. The molecule has 0 heterocycles. The number of aliphatic hydroxyl groups excluding tert-OH is 1. The number of unbranched alkanes of at least 4 members (excludes halogenated alkanes) is 1. The fourth-order valence-electron chi connectivity index (χ4n) is 3.00. The number of hydrogen-bond acceptors (Lipinski definition) is 7. The van der Waals surface area contributed by atoms with Crippen molar-refractivity contribution >= 4 is 35.8 Å². The van der Waals surface area contributed by atoms with Gasteiger partial charge in [-0.25, -0.2) is 14.4 Å². The maximum absolute atomic E-state index is 12.3. The predicted molar refractivity (Wildman–Crippen MR) is 127 cm³/mol. The summed E-state index contributed by atoms with van der Waals surface area (Å²) in [6.45, 7) is 0.0612. The van der Waals surface area contributed by atoms with Crippen LogP contribution >= 0.6 is 0 Å². The van der Waals surface area contributed by atoms with Gasteiger partial charge in [-0.1, -0.05) is 17.9 Å². The van der Waals surface area contributed by atoms with Crippen LogP contribution in [-0.2, 0) is 24.0 Å². The van der Waals surface area contributed by atoms with Crippen molar-refractivity contribution in [1.82, 2.24) is 21.3 Å². The lowest BCUT2D eigenvalue weighted by atomic mass is 10.1. The summed E-state index contributed by atoms with van der Waals surface area (Å²) in [5.41, 5.74) is 0.485. The van der Waals surface area contributed by atoms with E-state index in [4.69, 9.17) is 15.3 Å². The van der Waals surface area contributed by atoms with Crippen molar-refractivity contribution in [2.45, 2.75) is 50.6 Å². The van der Waals surface area contributed by atoms with Gasteiger partial charge in [0.2, 0.25) is 5.91 Å². The van der Waals surface area contributed by atoms with Crippen LogP contribution in [0.1, 0.15) is 38.5 Å². The molecule has 202 valence electrons. The van der Waals surface area contributed by atoms with Gasteiger partial charge in [0.05, 0.1) is 12.2 Å². The second-order valence-electron chi connectivity index (χ2n) is 7.81. The summed E-state index contributed by atoms with van der Waals surface area (Å²) in [7, 11) is 0. The van der Waals surface area contributed by atoms with Gasteiger partial charge in [-0.05, 0) is 31.8 Å². The standard InChI is InChI=1S/C23H30N4O10/c28-13-12-25-20(32)15-5-3-4-14(7-8-15)19(31)24-11-2-1-6-16(21(33)34)26-23(37)27-17(22(35)36)9-10-18(29)30/h7-8,16-17,28H,1-2,4,6,9-13H2,(H,24,31)(H,25,32)(H,29,30)(H,33,34)(H,35,36)(H2,26,27,37). The Morgan fingerprint density at radius 1 is 0.838 bits per heavy atom. The van der Waals surface area contributed by atoms with Gasteiger partial charge in [0, 0.05) is 31.5 Å². The minimum Gasteiger partial charge on any atom is -0.481 e. The molecule has 1 rings (SSSR count). The monoisotopic (exact) mass is 522 g/mol. The SMILES string of the molecule is O=C(O)CCC(NC(=O)NC(CCCCNC(=O)C1=CC=C(C(=O)NCCO)C#CC1)C(=O)O)C(=O)O. The molecule has 4 amide bonds. The summed E-state index contributed by atoms with van der Waals surface area (Å²) in [5.74, 6) is 0.462. The van der Waals surface area contributed by atoms with E-state index in [0.717, 1.165) is 0 Å². The van der Waals surface area contributed by atoms with Gasteiger partial charge in [0.25, 0.3) is 5.91 Å². The minimum atomic E-state index is -1.50. The normalized spacial score (nSPS) is 13.8. The fourth-order valence-corrected chi connectivity index (χ4v) is 3.00. The Bertz CT molecular complexity index is 1010. The molecule has 0 aromatic rings. The topological polar surface area (TPSA) is 231 Å². The molecule has 0 aromatic carbocycles. The highest BCUT2D eigenvalue weighted by atomic mass is 16.4. The molecule has 0 saturated heterocycles. The van der Waals surface area contributed by atoms with E-state index < -0.39 is 54.3 Å². The molecule has 1 aliphatic rings. The first-order valence-corrected chi connectivity index (χ1v) is 11.4. The lowest BCUT2D eigenvalue weighted by Crippen LogP contribution is -2.51. The second-order valence-corrected chi connectivity index (χ2v) is 7.81. The van der Waals surface area contributed by atoms with Crippen LogP contribution in [0, 0.1) is 11.8 Å². The summed E-state index contributed by atoms with van der Waals surface area (Å²) in [4.78, 5) is 69.5. The van der Waals surface area contributed by atoms with Crippen molar-refractivity contribution in [1.29, 1.82) is 0 Å². The summed E-state index contributed by atoms with van der Waals surface area (Å²) in [6, 6.07) is -3.88. The predicted octanol–water partition coefficient (Wildman–Crippen LogP) is -1.29. The minimum absolute atomic E-state index is 0.00525. The molecule has 0 fully saturated rings. The number of aliphatic hydroxyl groups is 1. The first kappa shape index (κ1) is 30.7. The molecule has 8 N–H and O–H groups in total. The van der Waals surface area contributed by atoms with E-state index in [1.165, 1.54) is 12.2 Å². The number of carboxylic acid groups (broad SMARTS) is 3. The van der Waals surface area contributed by atoms with Crippen LogP contribution in [-0.4, -0.2) is 88.0 Å². The van der Waals surface area contributed by atoms with Crippen molar-refractivity contribution in [3.05, 3.63) is 23.3 Å². The van der Waals surface area contributed by atoms with Crippen molar-refractivity contribution in [2.75, 3.05) is 19.7 Å². The van der Waals surface area contributed by atoms with E-state index in [-0.39, 0.29) is 44.5 Å². The molecule has 0 bridgehead atoms. The number of amides is 4. The number of nitrogens with one attached hydrogen (secondary N) is 4. The first-order valence-electron chi connectivity index (χ1n) is 11.4. The summed E-state index contributed by atoms with van der Waals surface area (Å²) >= 11 is 0. The largest absolute Gasteiger partial charge is 0.481 e. The molecule has 0 aromatic heterocycles. The van der Waals surface area contributed by atoms with Crippen LogP contribution in [0.5, 0.6) is 0 Å². The van der Waals surface area contributed by atoms with Gasteiger partial charge in [0.1, 0.15) is 12.1 Å². The van der Waals surface area contributed by atoms with Crippen LogP contribution < -0.4 is 21.3 Å². The number of allylic oxidation sites excluding steroid dienone is 2. The Morgan fingerprint density at radius 2 is 1.46 bits per heavy atom. The van der Waals surface area contributed by atoms with E-state index >= 15 is 0 Å². The van der Waals surface area contributed by atoms with E-state index in [1.54, 1.807) is 0 Å². The van der Waals surface area contributed by atoms with Crippen molar-refractivity contribution < 1.29 is 49.2 Å². The maximum Gasteiger partial charge on any atom is 0.326 e. The second kappa shape index (κ2) is 16.3. The van der Waals surface area contributed by atoms with Gasteiger partial charge >= 0.3 is 23.9 Å². The van der Waals surface area contributed by atoms with Crippen molar-refractivity contribution in [3.8, 4) is 11.8 Å². The smallest absolute Gasteiger partial charge is 0.326 e. The zero-order valence-electron chi connectivity index (χ0n) is 19.9. The molecule has 0 saturated carbocycles. The summed E-state index contributed by atoms with van der Waals surface area (Å²) < 4.78 is 0. The van der Waals surface area contributed by atoms with Crippen LogP contribution in [0.2, 0.25) is 0 Å². The molecule has 0 radical (unpaired) electrons. The van der Waals surface area contributed by atoms with Crippen LogP contribution in [0.25, 0.3) is 0 Å². The Labute approximate surface area is 212 Å². The third-order valence-electron chi connectivity index (χ3n) is 4.95. The molecule has 14 heteroatoms. The molecular weight excluding hydrogens is 492 g/mol. The average Bonchev–Trinajstić information content (AvgIpc) is 3.10. The molecule has 14 nitrogen and oxygen atoms in total. The van der Waals surface area contributed by atoms with E-state index in [0.29, 0.717) is 18.4 Å². The number of carbonyl (C=O) groups is 6. The number of urea groups is 1. The molecular formula is C23H30N4O10. The summed E-state index contributed by atoms with van der Waals surface area (Å²) in [6.07, 6.45) is 2.79. The van der Waals surface area contributed by atoms with Gasteiger partial charge in [-0.15, -0.1) is 0 Å². The zero-order valence-corrected chi connectivity index (χ0v) is 19.9. The maximum atomic E-state index is 12.3. The van der Waals surface area contributed by atoms with Gasteiger partial charge in [-0.3, -0.25) is 14.4 Å². The van der Waals surface area contributed by atoms with Crippen LogP contribution in [0.3, 0.4) is 0 Å². The zero-order chi connectivity index (χ0) is 27.8. The fraction of sp³-hybridized carbons (Fsp3) is 0.478. The van der Waals surface area contributed by atoms with Crippen molar-refractivity contribution in [3.63, 3.8) is 0 Å². The molecule has 0 aliphatic heterocycles. The van der Waals surface area contributed by atoms with E-state index in [2.05, 4.69) is 27.8 Å². The highest BCUT2D eigenvalue weighted by Gasteiger charge is 2.24. The highest BCUT2D eigenvalue weighted by Crippen LogP contribution is 2.08. The van der Waals surface area contributed by atoms with E-state index in [9.17, 15) is 33.9 Å². The Kier molecular flexibility index (Phi) is 13.5. The Hall–Kier alpha value is -4.38. The van der Waals surface area contributed by atoms with Gasteiger partial charge < -0.3 is 41.7 Å². The average molecular weight is 523 g/mol. The number of hydrogen-bond donors (Lipinski definition) is 8. The Morgan fingerprint density at radius 3 is 2.05 bits per heavy atom. The van der Waals surface area contributed by atoms with Crippen LogP contribution in [0.15, 0.2) is 23.3 Å². The lowest BCUT2D eigenvalue weighted by molar-refractivity contribution is -0.141. The number of carboxylic acids is 3. The van der Waals surface area contributed by atoms with Crippen LogP contribution in [0.4, 0.5) is 4.79 Å². The summed E-state index contributed by atoms with van der Waals surface area (Å²) in [5, 5.41) is 45.1. The third-order valence-corrected chi connectivity index (χ3v) is 4.95. The number of aliphatic carboxylic acids is 3. The first-order chi connectivity index (χ1) is 17.5. The lowest BCUT2D eigenvalue weighted by Gasteiger charge is -2.18. The number of rotatable bonds is 16. The Balaban J connectivity index is 2.48. The van der Waals surface area contributed by atoms with Gasteiger partial charge in [-0.2, -0.15) is 0 Å². The molecule has 37 heavy (non-hydrogen) atoms. The number of carbonyl (C=O) groups excluding carboxylic acids is 3. The molecule has 0 spiro atoms. The molecule has 2 unspecified atom stereocenters. The van der Waals surface area contributed by atoms with Crippen molar-refractivity contribution in [2.24, 2.45) is 0 Å².